The number of rotatable bonds is 4. The molecule has 1 aromatic heterocycles. The second-order valence-electron chi connectivity index (χ2n) is 3.95. The quantitative estimate of drug-likeness (QED) is 0.898. The van der Waals surface area contributed by atoms with Crippen molar-refractivity contribution < 1.29 is 9.47 Å². The zero-order valence-corrected chi connectivity index (χ0v) is 10.5. The van der Waals surface area contributed by atoms with E-state index in [0.717, 1.165) is 16.9 Å². The van der Waals surface area contributed by atoms with E-state index in [4.69, 9.17) is 15.2 Å². The van der Waals surface area contributed by atoms with Crippen LogP contribution in [0.25, 0.3) is 0 Å². The second kappa shape index (κ2) is 5.51. The Bertz CT molecular complexity index is 519. The monoisotopic (exact) mass is 244 g/mol. The molecule has 0 spiro atoms. The number of pyridine rings is 1. The van der Waals surface area contributed by atoms with Crippen LogP contribution in [0.3, 0.4) is 0 Å². The van der Waals surface area contributed by atoms with Gasteiger partial charge in [0.2, 0.25) is 5.88 Å². The van der Waals surface area contributed by atoms with Gasteiger partial charge in [0.15, 0.2) is 0 Å². The van der Waals surface area contributed by atoms with E-state index in [9.17, 15) is 0 Å². The molecule has 18 heavy (non-hydrogen) atoms. The minimum Gasteiger partial charge on any atom is -0.497 e. The topological polar surface area (TPSA) is 57.4 Å². The number of nitrogens with zero attached hydrogens (tertiary/aromatic N) is 1. The first-order chi connectivity index (χ1) is 8.72. The summed E-state index contributed by atoms with van der Waals surface area (Å²) in [5.41, 5.74) is 7.58. The fraction of sp³-hybridized carbons (Fsp3) is 0.214. The zero-order valence-electron chi connectivity index (χ0n) is 10.5. The number of benzene rings is 1. The van der Waals surface area contributed by atoms with Gasteiger partial charge in [-0.25, -0.2) is 4.98 Å². The number of hydrogen-bond donors (Lipinski definition) is 1. The summed E-state index contributed by atoms with van der Waals surface area (Å²) >= 11 is 0. The van der Waals surface area contributed by atoms with E-state index in [1.54, 1.807) is 13.3 Å². The summed E-state index contributed by atoms with van der Waals surface area (Å²) in [6, 6.07) is 9.41. The number of hydrogen-bond acceptors (Lipinski definition) is 4. The molecule has 1 heterocycles. The molecule has 0 fully saturated rings. The molecule has 2 rings (SSSR count). The highest BCUT2D eigenvalue weighted by Crippen LogP contribution is 2.27. The van der Waals surface area contributed by atoms with E-state index in [2.05, 4.69) is 4.98 Å². The van der Waals surface area contributed by atoms with Gasteiger partial charge in [-0.2, -0.15) is 0 Å². The van der Waals surface area contributed by atoms with Crippen molar-refractivity contribution in [3.8, 4) is 17.4 Å². The van der Waals surface area contributed by atoms with E-state index in [-0.39, 0.29) is 0 Å². The highest BCUT2D eigenvalue weighted by Gasteiger charge is 2.05. The van der Waals surface area contributed by atoms with E-state index in [1.165, 1.54) is 0 Å². The van der Waals surface area contributed by atoms with Crippen LogP contribution < -0.4 is 15.2 Å². The van der Waals surface area contributed by atoms with Gasteiger partial charge in [-0.05, 0) is 30.7 Å². The molecule has 0 radical (unpaired) electrons. The normalized spacial score (nSPS) is 10.2. The van der Waals surface area contributed by atoms with Crippen LogP contribution in [0.5, 0.6) is 17.4 Å². The predicted molar refractivity (Wildman–Crippen MR) is 69.9 cm³/mol. The first kappa shape index (κ1) is 12.4. The molecule has 0 atom stereocenters. The molecule has 0 saturated heterocycles. The Kier molecular flexibility index (Phi) is 3.79. The lowest BCUT2D eigenvalue weighted by atomic mass is 10.2. The lowest BCUT2D eigenvalue weighted by Gasteiger charge is -2.10. The molecule has 0 amide bonds. The van der Waals surface area contributed by atoms with Gasteiger partial charge in [0.05, 0.1) is 7.11 Å². The molecule has 0 saturated carbocycles. The highest BCUT2D eigenvalue weighted by molar-refractivity contribution is 5.40. The fourth-order valence-corrected chi connectivity index (χ4v) is 1.61. The van der Waals surface area contributed by atoms with Crippen LogP contribution in [-0.4, -0.2) is 12.1 Å². The van der Waals surface area contributed by atoms with Crippen molar-refractivity contribution in [3.05, 3.63) is 47.7 Å². The van der Waals surface area contributed by atoms with Gasteiger partial charge in [0.1, 0.15) is 11.5 Å². The molecule has 2 N–H and O–H groups in total. The number of aromatic nitrogens is 1. The van der Waals surface area contributed by atoms with Gasteiger partial charge < -0.3 is 15.2 Å². The van der Waals surface area contributed by atoms with Crippen LogP contribution in [0.2, 0.25) is 0 Å². The Morgan fingerprint density at radius 3 is 2.67 bits per heavy atom. The van der Waals surface area contributed by atoms with Gasteiger partial charge in [0.25, 0.3) is 0 Å². The van der Waals surface area contributed by atoms with E-state index in [0.29, 0.717) is 18.2 Å². The van der Waals surface area contributed by atoms with E-state index < -0.39 is 0 Å². The second-order valence-corrected chi connectivity index (χ2v) is 3.95. The van der Waals surface area contributed by atoms with Crippen LogP contribution in [0.1, 0.15) is 11.1 Å². The van der Waals surface area contributed by atoms with Gasteiger partial charge in [0, 0.05) is 24.4 Å². The molecular weight excluding hydrogens is 228 g/mol. The summed E-state index contributed by atoms with van der Waals surface area (Å²) in [6.45, 7) is 2.39. The highest BCUT2D eigenvalue weighted by atomic mass is 16.5. The summed E-state index contributed by atoms with van der Waals surface area (Å²) < 4.78 is 11.0. The number of ether oxygens (including phenoxy) is 2. The molecular formula is C14H16N2O2. The minimum atomic E-state index is 0.439. The van der Waals surface area contributed by atoms with Crippen molar-refractivity contribution >= 4 is 0 Å². The van der Waals surface area contributed by atoms with Crippen molar-refractivity contribution in [2.45, 2.75) is 13.5 Å². The Hall–Kier alpha value is -2.07. The molecule has 1 aromatic carbocycles. The van der Waals surface area contributed by atoms with E-state index in [1.807, 2.05) is 37.3 Å². The van der Waals surface area contributed by atoms with Crippen LogP contribution >= 0.6 is 0 Å². The average molecular weight is 244 g/mol. The van der Waals surface area contributed by atoms with Gasteiger partial charge >= 0.3 is 0 Å². The fourth-order valence-electron chi connectivity index (χ4n) is 1.61. The largest absolute Gasteiger partial charge is 0.497 e. The van der Waals surface area contributed by atoms with Crippen LogP contribution in [0.15, 0.2) is 36.5 Å². The molecule has 4 heteroatoms. The smallest absolute Gasteiger partial charge is 0.222 e. The molecule has 0 aliphatic heterocycles. The minimum absolute atomic E-state index is 0.439. The van der Waals surface area contributed by atoms with Crippen LogP contribution in [-0.2, 0) is 6.54 Å². The Labute approximate surface area is 106 Å². The maximum Gasteiger partial charge on any atom is 0.222 e. The molecule has 0 unspecified atom stereocenters. The van der Waals surface area contributed by atoms with Gasteiger partial charge in [-0.1, -0.05) is 6.07 Å². The molecule has 94 valence electrons. The van der Waals surface area contributed by atoms with Gasteiger partial charge in [-0.15, -0.1) is 0 Å². The standard InChI is InChI=1S/C14H16N2O2/c1-10-4-3-5-16-14(10)18-13-7-11(9-15)6-12(8-13)17-2/h3-8H,9,15H2,1-2H3. The molecule has 4 nitrogen and oxygen atoms in total. The molecule has 0 aliphatic rings. The maximum absolute atomic E-state index is 5.75. The number of nitrogens with two attached hydrogens (primary N) is 1. The lowest BCUT2D eigenvalue weighted by molar-refractivity contribution is 0.406. The van der Waals surface area contributed by atoms with Crippen molar-refractivity contribution in [3.63, 3.8) is 0 Å². The number of methoxy groups -OCH3 is 1. The zero-order chi connectivity index (χ0) is 13.0. The third-order valence-corrected chi connectivity index (χ3v) is 2.59. The molecule has 2 aromatic rings. The summed E-state index contributed by atoms with van der Waals surface area (Å²) in [4.78, 5) is 4.19. The van der Waals surface area contributed by atoms with Crippen molar-refractivity contribution in [2.75, 3.05) is 7.11 Å². The van der Waals surface area contributed by atoms with Crippen molar-refractivity contribution in [2.24, 2.45) is 5.73 Å². The summed E-state index contributed by atoms with van der Waals surface area (Å²) in [5, 5.41) is 0. The predicted octanol–water partition coefficient (Wildman–Crippen LogP) is 2.65. The van der Waals surface area contributed by atoms with Crippen LogP contribution in [0.4, 0.5) is 0 Å². The Balaban J connectivity index is 2.31. The maximum atomic E-state index is 5.75. The van der Waals surface area contributed by atoms with E-state index >= 15 is 0 Å². The van der Waals surface area contributed by atoms with Crippen molar-refractivity contribution in [1.29, 1.82) is 0 Å². The summed E-state index contributed by atoms with van der Waals surface area (Å²) in [7, 11) is 1.62. The SMILES string of the molecule is COc1cc(CN)cc(Oc2ncccc2C)c1. The van der Waals surface area contributed by atoms with Crippen LogP contribution in [0, 0.1) is 6.92 Å². The van der Waals surface area contributed by atoms with Gasteiger partial charge in [-0.3, -0.25) is 0 Å². The summed E-state index contributed by atoms with van der Waals surface area (Å²) in [5.74, 6) is 1.99. The Morgan fingerprint density at radius 2 is 2.00 bits per heavy atom. The number of aryl methyl sites for hydroxylation is 1. The Morgan fingerprint density at radius 1 is 1.22 bits per heavy atom. The summed E-state index contributed by atoms with van der Waals surface area (Å²) in [6.07, 6.45) is 1.70. The average Bonchev–Trinajstić information content (AvgIpc) is 2.41. The third kappa shape index (κ3) is 2.78. The third-order valence-electron chi connectivity index (χ3n) is 2.59. The molecule has 0 aliphatic carbocycles. The lowest BCUT2D eigenvalue weighted by Crippen LogP contribution is -1.98. The first-order valence-corrected chi connectivity index (χ1v) is 5.70. The van der Waals surface area contributed by atoms with Crippen molar-refractivity contribution in [1.82, 2.24) is 4.98 Å². The molecule has 0 bridgehead atoms. The first-order valence-electron chi connectivity index (χ1n) is 5.70.